The van der Waals surface area contributed by atoms with E-state index in [1.54, 1.807) is 0 Å². The van der Waals surface area contributed by atoms with Crippen LogP contribution in [0.5, 0.6) is 0 Å². The summed E-state index contributed by atoms with van der Waals surface area (Å²) in [5.41, 5.74) is 2.13. The van der Waals surface area contributed by atoms with Gasteiger partial charge in [0.2, 0.25) is 0 Å². The van der Waals surface area contributed by atoms with E-state index >= 15 is 0 Å². The van der Waals surface area contributed by atoms with Crippen LogP contribution in [0.3, 0.4) is 0 Å². The predicted molar refractivity (Wildman–Crippen MR) is 135 cm³/mol. The van der Waals surface area contributed by atoms with Gasteiger partial charge in [0.15, 0.2) is 18.2 Å². The lowest BCUT2D eigenvalue weighted by molar-refractivity contribution is -0.153. The van der Waals surface area contributed by atoms with Crippen LogP contribution in [0.25, 0.3) is 0 Å². The molecule has 0 heterocycles. The Bertz CT molecular complexity index is 960. The molecule has 192 valence electrons. The van der Waals surface area contributed by atoms with Crippen LogP contribution < -0.4 is 0 Å². The minimum atomic E-state index is -0.571. The number of aliphatic hydroxyl groups is 1. The molecule has 0 spiro atoms. The molecule has 0 amide bonds. The first-order chi connectivity index (χ1) is 16.5. The summed E-state index contributed by atoms with van der Waals surface area (Å²) < 4.78 is 5.37. The van der Waals surface area contributed by atoms with Crippen LogP contribution in [0.15, 0.2) is 36.0 Å². The average Bonchev–Trinajstić information content (AvgIpc) is 3.00. The first-order valence-electron chi connectivity index (χ1n) is 13.5. The molecule has 4 aliphatic rings. The zero-order chi connectivity index (χ0) is 25.5. The highest BCUT2D eigenvalue weighted by atomic mass is 16.5. The minimum Gasteiger partial charge on any atom is -0.458 e. The van der Waals surface area contributed by atoms with E-state index in [9.17, 15) is 19.5 Å². The summed E-state index contributed by atoms with van der Waals surface area (Å²) in [6, 6.07) is 0. The van der Waals surface area contributed by atoms with Crippen LogP contribution >= 0.6 is 0 Å². The fourth-order valence-corrected chi connectivity index (χ4v) is 8.27. The molecule has 1 N–H and O–H groups in total. The highest BCUT2D eigenvalue weighted by molar-refractivity contribution is 5.92. The molecule has 35 heavy (non-hydrogen) atoms. The number of fused-ring (bicyclic) bond motifs is 5. The van der Waals surface area contributed by atoms with Gasteiger partial charge in [-0.05, 0) is 77.9 Å². The molecule has 4 aliphatic carbocycles. The lowest BCUT2D eigenvalue weighted by Crippen LogP contribution is -2.57. The normalized spacial score (nSPS) is 38.3. The number of rotatable bonds is 8. The lowest BCUT2D eigenvalue weighted by atomic mass is 9.45. The number of hydrogen-bond donors (Lipinski definition) is 1. The van der Waals surface area contributed by atoms with Crippen molar-refractivity contribution in [3.05, 3.63) is 36.0 Å². The molecular formula is C30H42O5. The van der Waals surface area contributed by atoms with E-state index in [0.717, 1.165) is 56.1 Å². The van der Waals surface area contributed by atoms with E-state index in [2.05, 4.69) is 33.9 Å². The first kappa shape index (κ1) is 26.1. The molecule has 0 saturated heterocycles. The van der Waals surface area contributed by atoms with Crippen LogP contribution in [0.2, 0.25) is 0 Å². The van der Waals surface area contributed by atoms with Crippen molar-refractivity contribution in [1.29, 1.82) is 0 Å². The Morgan fingerprint density at radius 1 is 1.14 bits per heavy atom. The molecule has 0 aliphatic heterocycles. The molecule has 5 heteroatoms. The van der Waals surface area contributed by atoms with Gasteiger partial charge in [0.25, 0.3) is 0 Å². The number of carbonyl (C=O) groups excluding carboxylic acids is 3. The molecule has 3 fully saturated rings. The van der Waals surface area contributed by atoms with Gasteiger partial charge in [-0.25, -0.2) is 0 Å². The van der Waals surface area contributed by atoms with E-state index in [4.69, 9.17) is 4.74 Å². The molecule has 7 atom stereocenters. The van der Waals surface area contributed by atoms with Crippen LogP contribution in [-0.2, 0) is 19.1 Å². The summed E-state index contributed by atoms with van der Waals surface area (Å²) in [6.07, 6.45) is 9.04. The number of Topliss-reactive ketones (excluding diaryl/α,β-unsaturated/α-hetero) is 1. The summed E-state index contributed by atoms with van der Waals surface area (Å²) in [5.74, 6) is -0.502. The van der Waals surface area contributed by atoms with Gasteiger partial charge in [0.1, 0.15) is 0 Å². The highest BCUT2D eigenvalue weighted by Crippen LogP contribution is 2.68. The second-order valence-corrected chi connectivity index (χ2v) is 12.0. The topological polar surface area (TPSA) is 80.7 Å². The Morgan fingerprint density at radius 2 is 1.89 bits per heavy atom. The molecule has 4 rings (SSSR count). The van der Waals surface area contributed by atoms with Crippen LogP contribution in [-0.4, -0.2) is 35.4 Å². The molecule has 0 radical (unpaired) electrons. The van der Waals surface area contributed by atoms with Gasteiger partial charge < -0.3 is 9.84 Å². The number of unbranched alkanes of at least 4 members (excludes halogenated alkanes) is 3. The SMILES string of the molecule is C=C1C(=C)[C@H]2[C@@H]3CCC4=CC(=O)CC[C@]4(C)[C@H]3C(O)C[C@]2(C)[C@H]1C(=O)COC(=O)CCCCCC. The first-order valence-corrected chi connectivity index (χ1v) is 13.5. The average molecular weight is 483 g/mol. The molecule has 5 nitrogen and oxygen atoms in total. The van der Waals surface area contributed by atoms with Crippen molar-refractivity contribution < 1.29 is 24.2 Å². The van der Waals surface area contributed by atoms with Gasteiger partial charge >= 0.3 is 5.97 Å². The highest BCUT2D eigenvalue weighted by Gasteiger charge is 2.65. The van der Waals surface area contributed by atoms with Crippen molar-refractivity contribution in [1.82, 2.24) is 0 Å². The maximum atomic E-state index is 13.4. The van der Waals surface area contributed by atoms with Crippen LogP contribution in [0.4, 0.5) is 0 Å². The van der Waals surface area contributed by atoms with E-state index in [1.807, 2.05) is 6.08 Å². The maximum Gasteiger partial charge on any atom is 0.306 e. The van der Waals surface area contributed by atoms with E-state index in [0.29, 0.717) is 19.3 Å². The second-order valence-electron chi connectivity index (χ2n) is 12.0. The Kier molecular flexibility index (Phi) is 7.30. The van der Waals surface area contributed by atoms with Gasteiger partial charge in [0.05, 0.1) is 12.0 Å². The van der Waals surface area contributed by atoms with E-state index in [1.165, 1.54) is 5.57 Å². The summed E-state index contributed by atoms with van der Waals surface area (Å²) in [6.45, 7) is 14.8. The Balaban J connectivity index is 1.52. The number of ether oxygens (including phenoxy) is 1. The van der Waals surface area contributed by atoms with Gasteiger partial charge in [-0.15, -0.1) is 0 Å². The summed E-state index contributed by atoms with van der Waals surface area (Å²) in [4.78, 5) is 37.7. The fraction of sp³-hybridized carbons (Fsp3) is 0.700. The number of aliphatic hydroxyl groups excluding tert-OH is 1. The van der Waals surface area contributed by atoms with E-state index in [-0.39, 0.29) is 47.3 Å². The zero-order valence-electron chi connectivity index (χ0n) is 21.7. The van der Waals surface area contributed by atoms with Crippen LogP contribution in [0.1, 0.15) is 85.0 Å². The van der Waals surface area contributed by atoms with Gasteiger partial charge in [-0.2, -0.15) is 0 Å². The fourth-order valence-electron chi connectivity index (χ4n) is 8.27. The van der Waals surface area contributed by atoms with Crippen molar-refractivity contribution in [2.24, 2.45) is 34.5 Å². The Hall–Kier alpha value is -2.01. The zero-order valence-corrected chi connectivity index (χ0v) is 21.7. The van der Waals surface area contributed by atoms with Crippen LogP contribution in [0, 0.1) is 34.5 Å². The van der Waals surface area contributed by atoms with E-state index < -0.39 is 17.4 Å². The Morgan fingerprint density at radius 3 is 2.60 bits per heavy atom. The smallest absolute Gasteiger partial charge is 0.306 e. The standard InChI is InChI=1S/C30H42O5/c1-6-7-8-9-10-25(34)35-17-24(33)27-19(3)18(2)26-22-12-11-20-15-21(31)13-14-29(20,4)28(22)23(32)16-30(26,27)5/h15,22-23,26-28,32H,2-3,6-14,16-17H2,1,4-5H3/t22-,23?,26-,27+,28+,29-,30-/m0/s1. The number of ketones is 2. The van der Waals surface area contributed by atoms with Crippen molar-refractivity contribution in [2.45, 2.75) is 91.1 Å². The van der Waals surface area contributed by atoms with Crippen molar-refractivity contribution >= 4 is 17.5 Å². The van der Waals surface area contributed by atoms with Gasteiger partial charge in [0, 0.05) is 12.8 Å². The molecule has 0 aromatic heterocycles. The van der Waals surface area contributed by atoms with Crippen molar-refractivity contribution in [3.8, 4) is 0 Å². The number of esters is 1. The summed E-state index contributed by atoms with van der Waals surface area (Å²) >= 11 is 0. The van der Waals surface area contributed by atoms with Gasteiger partial charge in [-0.1, -0.05) is 58.8 Å². The molecular weight excluding hydrogens is 440 g/mol. The summed E-state index contributed by atoms with van der Waals surface area (Å²) in [5, 5.41) is 11.5. The second kappa shape index (κ2) is 9.80. The molecule has 3 saturated carbocycles. The number of carbonyl (C=O) groups is 3. The summed E-state index contributed by atoms with van der Waals surface area (Å²) in [7, 11) is 0. The monoisotopic (exact) mass is 482 g/mol. The largest absolute Gasteiger partial charge is 0.458 e. The third-order valence-electron chi connectivity index (χ3n) is 9.83. The molecule has 1 unspecified atom stereocenters. The molecule has 0 aromatic rings. The van der Waals surface area contributed by atoms with Gasteiger partial charge in [-0.3, -0.25) is 14.4 Å². The quantitative estimate of drug-likeness (QED) is 0.364. The lowest BCUT2D eigenvalue weighted by Gasteiger charge is -2.59. The predicted octanol–water partition coefficient (Wildman–Crippen LogP) is 5.52. The maximum absolute atomic E-state index is 13.4. The number of hydrogen-bond acceptors (Lipinski definition) is 5. The molecule has 0 aromatic carbocycles. The minimum absolute atomic E-state index is 0.0352. The molecule has 0 bridgehead atoms. The van der Waals surface area contributed by atoms with Crippen molar-refractivity contribution in [2.75, 3.05) is 6.61 Å². The third-order valence-corrected chi connectivity index (χ3v) is 9.83. The third kappa shape index (κ3) is 4.39. The Labute approximate surface area is 210 Å². The number of allylic oxidation sites excluding steroid dienone is 3. The van der Waals surface area contributed by atoms with Crippen molar-refractivity contribution in [3.63, 3.8) is 0 Å².